The summed E-state index contributed by atoms with van der Waals surface area (Å²) >= 11 is 0. The standard InChI is InChI=1S/C13H18F3N4O2S/c14-13(15,16)23(21,22)19-6-1-2-8-20-9-7-18-12(20)5-3-4-11(20)10-17/h3-5,7,9,19H,1-2,6,8,10,17H2/q+1. The zero-order chi connectivity index (χ0) is 17.1. The third kappa shape index (κ3) is 3.55. The third-order valence-corrected chi connectivity index (χ3v) is 4.92. The van der Waals surface area contributed by atoms with Gasteiger partial charge < -0.3 is 5.73 Å². The van der Waals surface area contributed by atoms with E-state index in [4.69, 9.17) is 5.73 Å². The molecule has 6 nitrogen and oxygen atoms in total. The fourth-order valence-corrected chi connectivity index (χ4v) is 3.11. The van der Waals surface area contributed by atoms with Gasteiger partial charge in [0.25, 0.3) is 0 Å². The Hall–Kier alpha value is -1.49. The van der Waals surface area contributed by atoms with Crippen molar-refractivity contribution < 1.29 is 26.1 Å². The molecule has 0 aromatic carbocycles. The van der Waals surface area contributed by atoms with Gasteiger partial charge in [0.15, 0.2) is 0 Å². The Morgan fingerprint density at radius 2 is 2.04 bits per heavy atom. The molecule has 0 aromatic heterocycles. The minimum Gasteiger partial charge on any atom is -0.322 e. The SMILES string of the molecule is NCC1=CC=CC2=NC=C[N+]12CCCCNS(=O)(=O)C(F)(F)F. The molecule has 23 heavy (non-hydrogen) atoms. The molecule has 10 heteroatoms. The van der Waals surface area contributed by atoms with Crippen molar-refractivity contribution in [2.24, 2.45) is 10.7 Å². The van der Waals surface area contributed by atoms with E-state index in [1.54, 1.807) is 10.9 Å². The molecule has 2 heterocycles. The molecule has 0 aromatic rings. The number of allylic oxidation sites excluding steroid dienone is 2. The number of alkyl halides is 3. The largest absolute Gasteiger partial charge is 0.511 e. The maximum absolute atomic E-state index is 12.2. The van der Waals surface area contributed by atoms with Crippen LogP contribution < -0.4 is 10.5 Å². The van der Waals surface area contributed by atoms with E-state index in [2.05, 4.69) is 4.99 Å². The number of fused-ring (bicyclic) bond motifs is 1. The lowest BCUT2D eigenvalue weighted by Gasteiger charge is -2.34. The first-order chi connectivity index (χ1) is 10.7. The van der Waals surface area contributed by atoms with Gasteiger partial charge in [-0.1, -0.05) is 0 Å². The second kappa shape index (κ2) is 6.56. The van der Waals surface area contributed by atoms with Crippen molar-refractivity contribution in [1.82, 2.24) is 4.72 Å². The summed E-state index contributed by atoms with van der Waals surface area (Å²) in [7, 11) is -5.27. The molecule has 2 aliphatic heterocycles. The summed E-state index contributed by atoms with van der Waals surface area (Å²) in [6.07, 6.45) is 9.92. The van der Waals surface area contributed by atoms with Gasteiger partial charge in [-0.15, -0.1) is 0 Å². The molecule has 0 aliphatic carbocycles. The van der Waals surface area contributed by atoms with E-state index in [1.807, 2.05) is 24.4 Å². The Morgan fingerprint density at radius 3 is 2.70 bits per heavy atom. The number of unbranched alkanes of at least 4 members (excludes halogenated alkanes) is 1. The van der Waals surface area contributed by atoms with Crippen molar-refractivity contribution >= 4 is 15.9 Å². The van der Waals surface area contributed by atoms with Crippen molar-refractivity contribution in [3.8, 4) is 0 Å². The molecular formula is C13H18F3N4O2S+. The summed E-state index contributed by atoms with van der Waals surface area (Å²) in [5, 5.41) is 0. The predicted octanol–water partition coefficient (Wildman–Crippen LogP) is 1.32. The van der Waals surface area contributed by atoms with Crippen LogP contribution >= 0.6 is 0 Å². The quantitative estimate of drug-likeness (QED) is 0.536. The molecule has 0 bridgehead atoms. The highest BCUT2D eigenvalue weighted by Gasteiger charge is 2.45. The van der Waals surface area contributed by atoms with Crippen LogP contribution in [0.15, 0.2) is 41.3 Å². The second-order valence-corrected chi connectivity index (χ2v) is 6.91. The maximum atomic E-state index is 12.2. The Labute approximate surface area is 132 Å². The van der Waals surface area contributed by atoms with E-state index < -0.39 is 15.5 Å². The fraction of sp³-hybridized carbons (Fsp3) is 0.462. The van der Waals surface area contributed by atoms with Crippen LogP contribution in [0.1, 0.15) is 12.8 Å². The number of nitrogens with zero attached hydrogens (tertiary/aromatic N) is 2. The lowest BCUT2D eigenvalue weighted by molar-refractivity contribution is -0.744. The normalized spacial score (nSPS) is 23.7. The summed E-state index contributed by atoms with van der Waals surface area (Å²) in [5.41, 5.74) is 1.40. The summed E-state index contributed by atoms with van der Waals surface area (Å²) in [5.74, 6) is 0.795. The summed E-state index contributed by atoms with van der Waals surface area (Å²) in [6, 6.07) is 0. The minimum atomic E-state index is -5.28. The van der Waals surface area contributed by atoms with Gasteiger partial charge in [-0.3, -0.25) is 0 Å². The number of hydrogen-bond acceptors (Lipinski definition) is 4. The van der Waals surface area contributed by atoms with Crippen LogP contribution in [-0.2, 0) is 10.0 Å². The molecule has 128 valence electrons. The monoisotopic (exact) mass is 351 g/mol. The first-order valence-corrected chi connectivity index (χ1v) is 8.49. The van der Waals surface area contributed by atoms with Crippen LogP contribution in [0.3, 0.4) is 0 Å². The van der Waals surface area contributed by atoms with Crippen LogP contribution in [0.25, 0.3) is 0 Å². The summed E-state index contributed by atoms with van der Waals surface area (Å²) < 4.78 is 60.3. The second-order valence-electron chi connectivity index (χ2n) is 5.15. The highest BCUT2D eigenvalue weighted by molar-refractivity contribution is 7.90. The van der Waals surface area contributed by atoms with Gasteiger partial charge in [-0.25, -0.2) is 17.6 Å². The number of hydrogen-bond donors (Lipinski definition) is 2. The van der Waals surface area contributed by atoms with Crippen LogP contribution in [0.2, 0.25) is 0 Å². The molecule has 1 atom stereocenters. The van der Waals surface area contributed by atoms with Crippen LogP contribution in [0, 0.1) is 0 Å². The average molecular weight is 351 g/mol. The molecule has 0 radical (unpaired) electrons. The highest BCUT2D eigenvalue weighted by atomic mass is 32.2. The number of amidine groups is 1. The van der Waals surface area contributed by atoms with Crippen LogP contribution in [0.5, 0.6) is 0 Å². The average Bonchev–Trinajstić information content (AvgIpc) is 2.89. The minimum absolute atomic E-state index is 0.268. The van der Waals surface area contributed by atoms with Gasteiger partial charge in [0.2, 0.25) is 5.84 Å². The third-order valence-electron chi connectivity index (χ3n) is 3.73. The zero-order valence-corrected chi connectivity index (χ0v) is 13.1. The van der Waals surface area contributed by atoms with Gasteiger partial charge in [0.1, 0.15) is 11.9 Å². The number of rotatable bonds is 7. The lowest BCUT2D eigenvalue weighted by atomic mass is 10.1. The van der Waals surface area contributed by atoms with Crippen molar-refractivity contribution in [3.05, 3.63) is 36.3 Å². The molecule has 3 N–H and O–H groups in total. The van der Waals surface area contributed by atoms with Gasteiger partial charge in [-0.2, -0.15) is 18.2 Å². The first-order valence-electron chi connectivity index (χ1n) is 7.00. The number of aliphatic imine (C=N–C) groups is 1. The number of sulfonamides is 1. The number of nitrogens with two attached hydrogens (primary N) is 1. The molecule has 2 aliphatic rings. The van der Waals surface area contributed by atoms with E-state index in [0.717, 1.165) is 11.5 Å². The Morgan fingerprint density at radius 1 is 1.30 bits per heavy atom. The number of halogens is 3. The molecule has 0 saturated carbocycles. The van der Waals surface area contributed by atoms with Crippen molar-refractivity contribution in [2.45, 2.75) is 18.3 Å². The van der Waals surface area contributed by atoms with Crippen molar-refractivity contribution in [1.29, 1.82) is 0 Å². The van der Waals surface area contributed by atoms with Gasteiger partial charge in [-0.05, 0) is 25.0 Å². The number of quaternary nitrogens is 1. The lowest BCUT2D eigenvalue weighted by Crippen LogP contribution is -2.48. The van der Waals surface area contributed by atoms with E-state index in [-0.39, 0.29) is 13.0 Å². The molecule has 0 fully saturated rings. The molecule has 1 unspecified atom stereocenters. The molecule has 0 amide bonds. The maximum Gasteiger partial charge on any atom is 0.511 e. The predicted molar refractivity (Wildman–Crippen MR) is 80.2 cm³/mol. The molecule has 0 spiro atoms. The van der Waals surface area contributed by atoms with Crippen molar-refractivity contribution in [3.63, 3.8) is 0 Å². The van der Waals surface area contributed by atoms with Gasteiger partial charge >= 0.3 is 15.5 Å². The van der Waals surface area contributed by atoms with E-state index in [1.165, 1.54) is 0 Å². The molecular weight excluding hydrogens is 333 g/mol. The fourth-order valence-electron chi connectivity index (χ4n) is 2.54. The van der Waals surface area contributed by atoms with Crippen LogP contribution in [0.4, 0.5) is 13.2 Å². The topological polar surface area (TPSA) is 84.5 Å². The van der Waals surface area contributed by atoms with E-state index >= 15 is 0 Å². The van der Waals surface area contributed by atoms with E-state index in [9.17, 15) is 21.6 Å². The highest BCUT2D eigenvalue weighted by Crippen LogP contribution is 2.29. The van der Waals surface area contributed by atoms with Gasteiger partial charge in [0.05, 0.1) is 19.3 Å². The van der Waals surface area contributed by atoms with Gasteiger partial charge in [0, 0.05) is 12.6 Å². The summed E-state index contributed by atoms with van der Waals surface area (Å²) in [6.45, 7) is 0.612. The summed E-state index contributed by atoms with van der Waals surface area (Å²) in [4.78, 5) is 4.26. The Balaban J connectivity index is 1.89. The Bertz CT molecular complexity index is 680. The van der Waals surface area contributed by atoms with Crippen LogP contribution in [-0.4, -0.2) is 43.9 Å². The Kier molecular flexibility index (Phi) is 5.09. The zero-order valence-electron chi connectivity index (χ0n) is 12.3. The van der Waals surface area contributed by atoms with Crippen molar-refractivity contribution in [2.75, 3.05) is 19.6 Å². The molecule has 0 saturated heterocycles. The smallest absolute Gasteiger partial charge is 0.322 e. The number of nitrogens with one attached hydrogen (secondary N) is 1. The van der Waals surface area contributed by atoms with E-state index in [0.29, 0.717) is 24.0 Å². The first kappa shape index (κ1) is 17.9. The molecule has 2 rings (SSSR count).